The number of hydrogen-bond donors (Lipinski definition) is 3. The molecule has 0 aromatic carbocycles. The summed E-state index contributed by atoms with van der Waals surface area (Å²) in [6.07, 6.45) is 8.71. The summed E-state index contributed by atoms with van der Waals surface area (Å²) in [4.78, 5) is 22.8. The summed E-state index contributed by atoms with van der Waals surface area (Å²) >= 11 is 0. The minimum absolute atomic E-state index is 0.0250. The molecule has 22 heavy (non-hydrogen) atoms. The van der Waals surface area contributed by atoms with E-state index in [1.165, 1.54) is 32.1 Å². The molecule has 1 saturated carbocycles. The van der Waals surface area contributed by atoms with E-state index >= 15 is 0 Å². The molecule has 0 spiro atoms. The molecule has 1 aliphatic rings. The summed E-state index contributed by atoms with van der Waals surface area (Å²) in [5.41, 5.74) is 0. The average molecular weight is 313 g/mol. The van der Waals surface area contributed by atoms with E-state index in [-0.39, 0.29) is 11.9 Å². The summed E-state index contributed by atoms with van der Waals surface area (Å²) in [7, 11) is 0. The van der Waals surface area contributed by atoms with Crippen molar-refractivity contribution in [2.24, 2.45) is 0 Å². The molecule has 6 heteroatoms. The lowest BCUT2D eigenvalue weighted by Gasteiger charge is -2.21. The first-order chi connectivity index (χ1) is 10.7. The molecule has 0 aliphatic heterocycles. The molecular weight excluding hydrogens is 282 g/mol. The van der Waals surface area contributed by atoms with Crippen LogP contribution >= 0.6 is 0 Å². The predicted molar refractivity (Wildman–Crippen MR) is 86.8 cm³/mol. The molecule has 0 aromatic heterocycles. The fraction of sp³-hybridized carbons (Fsp3) is 0.875. The van der Waals surface area contributed by atoms with Crippen LogP contribution in [0.3, 0.4) is 0 Å². The van der Waals surface area contributed by atoms with E-state index in [2.05, 4.69) is 16.0 Å². The number of carbonyl (C=O) groups excluding carboxylic acids is 2. The Labute approximate surface area is 133 Å². The van der Waals surface area contributed by atoms with Crippen LogP contribution in [0.5, 0.6) is 0 Å². The van der Waals surface area contributed by atoms with Gasteiger partial charge in [-0.25, -0.2) is 4.79 Å². The highest BCUT2D eigenvalue weighted by Crippen LogP contribution is 2.20. The average Bonchev–Trinajstić information content (AvgIpc) is 2.53. The second kappa shape index (κ2) is 12.3. The standard InChI is InChI=1S/C16H31N3O3/c1-2-10-17-15(20)9-12-19-16(21)18-11-6-13-22-14-7-4-3-5-8-14/h14H,2-13H2,1H3,(H,17,20)(H2,18,19,21). The monoisotopic (exact) mass is 313 g/mol. The van der Waals surface area contributed by atoms with Crippen LogP contribution in [-0.2, 0) is 9.53 Å². The van der Waals surface area contributed by atoms with Crippen molar-refractivity contribution in [3.05, 3.63) is 0 Å². The molecule has 0 atom stereocenters. The third-order valence-corrected chi connectivity index (χ3v) is 3.72. The van der Waals surface area contributed by atoms with Gasteiger partial charge in [0.1, 0.15) is 0 Å². The summed E-state index contributed by atoms with van der Waals surface area (Å²) < 4.78 is 5.79. The van der Waals surface area contributed by atoms with Gasteiger partial charge < -0.3 is 20.7 Å². The highest BCUT2D eigenvalue weighted by Gasteiger charge is 2.13. The van der Waals surface area contributed by atoms with Gasteiger partial charge in [-0.05, 0) is 25.7 Å². The quantitative estimate of drug-likeness (QED) is 0.539. The minimum Gasteiger partial charge on any atom is -0.378 e. The fourth-order valence-electron chi connectivity index (χ4n) is 2.46. The zero-order valence-corrected chi connectivity index (χ0v) is 13.8. The van der Waals surface area contributed by atoms with Gasteiger partial charge in [0, 0.05) is 32.7 Å². The minimum atomic E-state index is -0.221. The maximum absolute atomic E-state index is 11.5. The van der Waals surface area contributed by atoms with Crippen molar-refractivity contribution in [3.63, 3.8) is 0 Å². The summed E-state index contributed by atoms with van der Waals surface area (Å²) in [6.45, 7) is 4.35. The first kappa shape index (κ1) is 18.7. The fourth-order valence-corrected chi connectivity index (χ4v) is 2.46. The molecule has 1 aliphatic carbocycles. The van der Waals surface area contributed by atoms with Crippen molar-refractivity contribution in [2.75, 3.05) is 26.2 Å². The van der Waals surface area contributed by atoms with Gasteiger partial charge in [-0.3, -0.25) is 4.79 Å². The predicted octanol–water partition coefficient (Wildman–Crippen LogP) is 1.94. The van der Waals surface area contributed by atoms with E-state index in [1.54, 1.807) is 0 Å². The smallest absolute Gasteiger partial charge is 0.314 e. The number of hydrogen-bond acceptors (Lipinski definition) is 3. The Morgan fingerprint density at radius 3 is 2.45 bits per heavy atom. The highest BCUT2D eigenvalue weighted by molar-refractivity contribution is 5.78. The van der Waals surface area contributed by atoms with Crippen LogP contribution in [-0.4, -0.2) is 44.3 Å². The lowest BCUT2D eigenvalue weighted by molar-refractivity contribution is -0.120. The lowest BCUT2D eigenvalue weighted by atomic mass is 9.98. The maximum atomic E-state index is 11.5. The van der Waals surface area contributed by atoms with Gasteiger partial charge in [0.05, 0.1) is 6.10 Å². The summed E-state index contributed by atoms with van der Waals surface area (Å²) in [5.74, 6) is -0.0250. The van der Waals surface area contributed by atoms with Crippen LogP contribution in [0.2, 0.25) is 0 Å². The van der Waals surface area contributed by atoms with Crippen molar-refractivity contribution in [1.82, 2.24) is 16.0 Å². The normalized spacial score (nSPS) is 15.3. The lowest BCUT2D eigenvalue weighted by Crippen LogP contribution is -2.38. The molecule has 0 saturated heterocycles. The molecule has 0 heterocycles. The number of rotatable bonds is 10. The number of nitrogens with one attached hydrogen (secondary N) is 3. The Morgan fingerprint density at radius 1 is 1.00 bits per heavy atom. The molecule has 0 aromatic rings. The van der Waals surface area contributed by atoms with E-state index in [9.17, 15) is 9.59 Å². The topological polar surface area (TPSA) is 79.5 Å². The van der Waals surface area contributed by atoms with Crippen LogP contribution in [0.1, 0.15) is 58.3 Å². The second-order valence-electron chi connectivity index (χ2n) is 5.77. The van der Waals surface area contributed by atoms with Gasteiger partial charge in [-0.1, -0.05) is 26.2 Å². The molecule has 128 valence electrons. The Hall–Kier alpha value is -1.30. The SMILES string of the molecule is CCCNC(=O)CCNC(=O)NCCCOC1CCCCC1. The number of ether oxygens (including phenoxy) is 1. The zero-order valence-electron chi connectivity index (χ0n) is 13.8. The van der Waals surface area contributed by atoms with Crippen LogP contribution in [0.25, 0.3) is 0 Å². The van der Waals surface area contributed by atoms with Crippen LogP contribution in [0.4, 0.5) is 4.79 Å². The maximum Gasteiger partial charge on any atom is 0.314 e. The zero-order chi connectivity index (χ0) is 16.0. The second-order valence-corrected chi connectivity index (χ2v) is 5.77. The number of carbonyl (C=O) groups is 2. The number of urea groups is 1. The van der Waals surface area contributed by atoms with Gasteiger partial charge in [-0.15, -0.1) is 0 Å². The van der Waals surface area contributed by atoms with E-state index in [1.807, 2.05) is 6.92 Å². The van der Waals surface area contributed by atoms with Gasteiger partial charge in [0.15, 0.2) is 0 Å². The Balaban J connectivity index is 1.89. The molecule has 1 rings (SSSR count). The largest absolute Gasteiger partial charge is 0.378 e. The first-order valence-electron chi connectivity index (χ1n) is 8.62. The molecule has 1 fully saturated rings. The molecule has 0 radical (unpaired) electrons. The summed E-state index contributed by atoms with van der Waals surface area (Å²) in [6, 6.07) is -0.221. The Bertz CT molecular complexity index is 318. The van der Waals surface area contributed by atoms with Gasteiger partial charge in [0.25, 0.3) is 0 Å². The third kappa shape index (κ3) is 9.60. The molecule has 3 amide bonds. The van der Waals surface area contributed by atoms with Crippen LogP contribution < -0.4 is 16.0 Å². The van der Waals surface area contributed by atoms with Gasteiger partial charge in [-0.2, -0.15) is 0 Å². The number of amides is 3. The van der Waals surface area contributed by atoms with Crippen molar-refractivity contribution < 1.29 is 14.3 Å². The van der Waals surface area contributed by atoms with Gasteiger partial charge >= 0.3 is 6.03 Å². The van der Waals surface area contributed by atoms with Crippen molar-refractivity contribution >= 4 is 11.9 Å². The molecular formula is C16H31N3O3. The van der Waals surface area contributed by atoms with Gasteiger partial charge in [0.2, 0.25) is 5.91 Å². The Kier molecular flexibility index (Phi) is 10.5. The summed E-state index contributed by atoms with van der Waals surface area (Å²) in [5, 5.41) is 8.22. The van der Waals surface area contributed by atoms with E-state index in [4.69, 9.17) is 4.74 Å². The van der Waals surface area contributed by atoms with Crippen molar-refractivity contribution in [3.8, 4) is 0 Å². The molecule has 0 unspecified atom stereocenters. The Morgan fingerprint density at radius 2 is 1.73 bits per heavy atom. The molecule has 6 nitrogen and oxygen atoms in total. The first-order valence-corrected chi connectivity index (χ1v) is 8.62. The van der Waals surface area contributed by atoms with Crippen LogP contribution in [0.15, 0.2) is 0 Å². The van der Waals surface area contributed by atoms with Crippen LogP contribution in [0, 0.1) is 0 Å². The third-order valence-electron chi connectivity index (χ3n) is 3.72. The molecule has 3 N–H and O–H groups in total. The van der Waals surface area contributed by atoms with Crippen molar-refractivity contribution in [2.45, 2.75) is 64.4 Å². The van der Waals surface area contributed by atoms with E-state index < -0.39 is 0 Å². The van der Waals surface area contributed by atoms with E-state index in [0.717, 1.165) is 12.8 Å². The van der Waals surface area contributed by atoms with E-state index in [0.29, 0.717) is 38.8 Å². The highest BCUT2D eigenvalue weighted by atomic mass is 16.5. The van der Waals surface area contributed by atoms with Crippen molar-refractivity contribution in [1.29, 1.82) is 0 Å². The molecule has 0 bridgehead atoms.